The van der Waals surface area contributed by atoms with Gasteiger partial charge in [-0.05, 0) is 23.8 Å². The van der Waals surface area contributed by atoms with Gasteiger partial charge in [0.1, 0.15) is 18.0 Å². The van der Waals surface area contributed by atoms with Crippen LogP contribution in [0.4, 0.5) is 16.0 Å². The average Bonchev–Trinajstić information content (AvgIpc) is 2.97. The number of nitrogens with two attached hydrogens (primary N) is 1. The quantitative estimate of drug-likeness (QED) is 0.592. The Bertz CT molecular complexity index is 1040. The topological polar surface area (TPSA) is 94.0 Å². The van der Waals surface area contributed by atoms with Crippen molar-refractivity contribution in [2.45, 2.75) is 6.54 Å². The minimum atomic E-state index is -0.260. The molecule has 4 rings (SSSR count). The molecule has 0 aliphatic rings. The fraction of sp³-hybridized carbons (Fsp3) is 0.0588. The van der Waals surface area contributed by atoms with E-state index in [1.807, 2.05) is 0 Å². The first-order valence-corrected chi connectivity index (χ1v) is 7.60. The number of halogens is 1. The van der Waals surface area contributed by atoms with Crippen LogP contribution in [0.15, 0.2) is 55.1 Å². The average molecular weight is 341 g/mol. The molecule has 0 bridgehead atoms. The summed E-state index contributed by atoms with van der Waals surface area (Å²) in [4.78, 5) is 12.8. The predicted octanol–water partition coefficient (Wildman–Crippen LogP) is 3.26. The lowest BCUT2D eigenvalue weighted by Crippen LogP contribution is -2.02. The van der Waals surface area contributed by atoms with Gasteiger partial charge in [-0.15, -0.1) is 5.10 Å². The number of hydrogen-bond acceptors (Lipinski definition) is 6. The van der Waals surface area contributed by atoms with Crippen LogP contribution in [0, 0.1) is 5.82 Å². The Balaban J connectivity index is 0.00000131. The Morgan fingerprint density at radius 3 is 2.84 bits per heavy atom. The number of nitrogens with one attached hydrogen (secondary N) is 1. The number of nitrogen functional groups attached to an aromatic ring is 1. The summed E-state index contributed by atoms with van der Waals surface area (Å²) in [6.07, 6.45) is 4.90. The molecule has 4 aromatic rings. The third-order valence-electron chi connectivity index (χ3n) is 3.73. The first-order valence-electron chi connectivity index (χ1n) is 7.60. The van der Waals surface area contributed by atoms with E-state index in [4.69, 9.17) is 5.73 Å². The van der Waals surface area contributed by atoms with Crippen molar-refractivity contribution in [3.8, 4) is 11.3 Å². The van der Waals surface area contributed by atoms with E-state index in [1.165, 1.54) is 18.5 Å². The van der Waals surface area contributed by atoms with Crippen LogP contribution in [0.25, 0.3) is 16.9 Å². The molecule has 3 aromatic heterocycles. The molecule has 3 heterocycles. The zero-order chi connectivity index (χ0) is 17.2. The number of nitrogens with zero attached hydrogens (tertiary/aromatic N) is 5. The van der Waals surface area contributed by atoms with Gasteiger partial charge in [0.2, 0.25) is 0 Å². The molecule has 0 amide bonds. The van der Waals surface area contributed by atoms with E-state index in [0.717, 1.165) is 5.56 Å². The molecule has 0 fully saturated rings. The lowest BCUT2D eigenvalue weighted by molar-refractivity contribution is 0.627. The van der Waals surface area contributed by atoms with Gasteiger partial charge in [-0.3, -0.25) is 0 Å². The molecule has 0 spiro atoms. The van der Waals surface area contributed by atoms with Gasteiger partial charge < -0.3 is 11.1 Å². The predicted molar refractivity (Wildman–Crippen MR) is 98.5 cm³/mol. The van der Waals surface area contributed by atoms with Gasteiger partial charge in [0, 0.05) is 29.3 Å². The standard InChI is InChI=1S/C17H14FN7.3H2/c18-12-4-2-11(3-5-12)9-21-14-8-13(22-10-23-14)15-16(19)24-25-7-1-6-20-17(15)25;;;/h1-8,10H,9H2,(H2,19,24)(H,21,22,23);3*1H. The molecule has 1 aromatic carbocycles. The van der Waals surface area contributed by atoms with E-state index in [2.05, 4.69) is 25.4 Å². The molecular weight excluding hydrogens is 321 g/mol. The summed E-state index contributed by atoms with van der Waals surface area (Å²) in [7, 11) is 0. The molecule has 0 aliphatic heterocycles. The van der Waals surface area contributed by atoms with E-state index in [0.29, 0.717) is 35.1 Å². The maximum Gasteiger partial charge on any atom is 0.166 e. The summed E-state index contributed by atoms with van der Waals surface area (Å²) in [5.41, 5.74) is 8.89. The highest BCUT2D eigenvalue weighted by Crippen LogP contribution is 2.28. The van der Waals surface area contributed by atoms with Gasteiger partial charge in [0.15, 0.2) is 11.5 Å². The van der Waals surface area contributed by atoms with Crippen LogP contribution in [0.1, 0.15) is 9.84 Å². The number of aromatic nitrogens is 5. The highest BCUT2D eigenvalue weighted by Gasteiger charge is 2.15. The van der Waals surface area contributed by atoms with Crippen molar-refractivity contribution >= 4 is 17.3 Å². The van der Waals surface area contributed by atoms with Gasteiger partial charge in [-0.2, -0.15) is 0 Å². The molecule has 0 atom stereocenters. The molecule has 0 aliphatic carbocycles. The summed E-state index contributed by atoms with van der Waals surface area (Å²) in [5, 5.41) is 7.42. The van der Waals surface area contributed by atoms with Crippen molar-refractivity contribution in [1.82, 2.24) is 24.6 Å². The Morgan fingerprint density at radius 2 is 2.00 bits per heavy atom. The Labute approximate surface area is 146 Å². The molecule has 0 unspecified atom stereocenters. The zero-order valence-electron chi connectivity index (χ0n) is 13.1. The van der Waals surface area contributed by atoms with Crippen molar-refractivity contribution in [2.24, 2.45) is 0 Å². The van der Waals surface area contributed by atoms with Gasteiger partial charge in [-0.25, -0.2) is 23.9 Å². The number of rotatable bonds is 4. The maximum atomic E-state index is 13.0. The SMILES string of the molecule is Nc1nn2cccnc2c1-c1cc(NCc2ccc(F)cc2)ncn1.[HH].[HH].[HH]. The van der Waals surface area contributed by atoms with Gasteiger partial charge in [0.25, 0.3) is 0 Å². The summed E-state index contributed by atoms with van der Waals surface area (Å²) < 4.78 is 14.6. The lowest BCUT2D eigenvalue weighted by Gasteiger charge is -2.07. The summed E-state index contributed by atoms with van der Waals surface area (Å²) in [6.45, 7) is 0.513. The Kier molecular flexibility index (Phi) is 3.70. The second kappa shape index (κ2) is 6.16. The van der Waals surface area contributed by atoms with Gasteiger partial charge in [0.05, 0.1) is 11.3 Å². The van der Waals surface area contributed by atoms with Crippen LogP contribution in [0.3, 0.4) is 0 Å². The maximum absolute atomic E-state index is 13.0. The van der Waals surface area contributed by atoms with Crippen LogP contribution in [-0.2, 0) is 6.54 Å². The Hall–Kier alpha value is -3.55. The first-order chi connectivity index (χ1) is 12.2. The van der Waals surface area contributed by atoms with E-state index >= 15 is 0 Å². The Morgan fingerprint density at radius 1 is 1.16 bits per heavy atom. The van der Waals surface area contributed by atoms with Crippen molar-refractivity contribution in [2.75, 3.05) is 11.1 Å². The minimum Gasteiger partial charge on any atom is -0.382 e. The second-order valence-electron chi connectivity index (χ2n) is 5.42. The molecule has 0 saturated carbocycles. The van der Waals surface area contributed by atoms with Gasteiger partial charge >= 0.3 is 0 Å². The zero-order valence-corrected chi connectivity index (χ0v) is 13.1. The fourth-order valence-electron chi connectivity index (χ4n) is 2.54. The molecular formula is C17H20FN7. The number of anilines is 2. The van der Waals surface area contributed by atoms with Crippen LogP contribution >= 0.6 is 0 Å². The second-order valence-corrected chi connectivity index (χ2v) is 5.42. The normalized spacial score (nSPS) is 10.9. The molecule has 8 heteroatoms. The van der Waals surface area contributed by atoms with E-state index < -0.39 is 0 Å². The van der Waals surface area contributed by atoms with E-state index in [1.54, 1.807) is 41.2 Å². The fourth-order valence-corrected chi connectivity index (χ4v) is 2.54. The van der Waals surface area contributed by atoms with Crippen LogP contribution in [-0.4, -0.2) is 24.6 Å². The monoisotopic (exact) mass is 341 g/mol. The lowest BCUT2D eigenvalue weighted by atomic mass is 10.2. The number of benzene rings is 1. The number of hydrogen-bond donors (Lipinski definition) is 2. The van der Waals surface area contributed by atoms with Crippen LogP contribution in [0.2, 0.25) is 0 Å². The van der Waals surface area contributed by atoms with E-state index in [-0.39, 0.29) is 10.1 Å². The van der Waals surface area contributed by atoms with Crippen LogP contribution < -0.4 is 11.1 Å². The highest BCUT2D eigenvalue weighted by molar-refractivity contribution is 5.84. The summed E-state index contributed by atoms with van der Waals surface area (Å²) in [6, 6.07) is 9.85. The molecule has 0 saturated heterocycles. The van der Waals surface area contributed by atoms with E-state index in [9.17, 15) is 4.39 Å². The molecule has 130 valence electrons. The summed E-state index contributed by atoms with van der Waals surface area (Å²) in [5.74, 6) is 0.718. The summed E-state index contributed by atoms with van der Waals surface area (Å²) >= 11 is 0. The molecule has 25 heavy (non-hydrogen) atoms. The highest BCUT2D eigenvalue weighted by atomic mass is 19.1. The first kappa shape index (κ1) is 15.0. The third-order valence-corrected chi connectivity index (χ3v) is 3.73. The molecule has 0 radical (unpaired) electrons. The smallest absolute Gasteiger partial charge is 0.166 e. The van der Waals surface area contributed by atoms with Crippen molar-refractivity contribution in [1.29, 1.82) is 0 Å². The molecule has 3 N–H and O–H groups in total. The van der Waals surface area contributed by atoms with Crippen molar-refractivity contribution in [3.05, 3.63) is 66.5 Å². The van der Waals surface area contributed by atoms with Crippen molar-refractivity contribution in [3.63, 3.8) is 0 Å². The number of fused-ring (bicyclic) bond motifs is 1. The van der Waals surface area contributed by atoms with Gasteiger partial charge in [-0.1, -0.05) is 12.1 Å². The largest absolute Gasteiger partial charge is 0.382 e. The van der Waals surface area contributed by atoms with Crippen molar-refractivity contribution < 1.29 is 8.67 Å². The third kappa shape index (κ3) is 2.97. The van der Waals surface area contributed by atoms with Crippen LogP contribution in [0.5, 0.6) is 0 Å². The minimum absolute atomic E-state index is 0. The molecule has 7 nitrogen and oxygen atoms in total.